The van der Waals surface area contributed by atoms with Crippen molar-refractivity contribution in [2.75, 3.05) is 13.7 Å². The molecule has 2 rings (SSSR count). The van der Waals surface area contributed by atoms with Gasteiger partial charge in [0.15, 0.2) is 0 Å². The van der Waals surface area contributed by atoms with Crippen LogP contribution in [0.2, 0.25) is 0 Å². The first-order chi connectivity index (χ1) is 9.69. The lowest BCUT2D eigenvalue weighted by Gasteiger charge is -2.17. The second-order valence-corrected chi connectivity index (χ2v) is 5.42. The van der Waals surface area contributed by atoms with Crippen LogP contribution in [-0.2, 0) is 6.42 Å². The standard InChI is InChI=1S/C16H17BrFNO/c1-19-13(11-20-14-5-3-2-4-6-14)9-12-7-8-16(18)15(17)10-12/h2-8,10,13,19H,9,11H2,1H3. The van der Waals surface area contributed by atoms with Crippen molar-refractivity contribution in [3.05, 3.63) is 64.4 Å². The first-order valence-corrected chi connectivity index (χ1v) is 7.27. The molecular formula is C16H17BrFNO. The van der Waals surface area contributed by atoms with Gasteiger partial charge in [0.2, 0.25) is 0 Å². The smallest absolute Gasteiger partial charge is 0.137 e. The summed E-state index contributed by atoms with van der Waals surface area (Å²) >= 11 is 3.21. The molecule has 1 N–H and O–H groups in total. The van der Waals surface area contributed by atoms with Crippen LogP contribution in [0.5, 0.6) is 5.75 Å². The molecule has 20 heavy (non-hydrogen) atoms. The molecule has 2 aromatic rings. The molecule has 2 aromatic carbocycles. The fraction of sp³-hybridized carbons (Fsp3) is 0.250. The van der Waals surface area contributed by atoms with E-state index in [1.54, 1.807) is 6.07 Å². The molecule has 0 fully saturated rings. The second kappa shape index (κ2) is 7.41. The molecule has 1 atom stereocenters. The number of likely N-dealkylation sites (N-methyl/N-ethyl adjacent to an activating group) is 1. The van der Waals surface area contributed by atoms with Crippen LogP contribution in [0.1, 0.15) is 5.56 Å². The van der Waals surface area contributed by atoms with E-state index >= 15 is 0 Å². The summed E-state index contributed by atoms with van der Waals surface area (Å²) < 4.78 is 19.4. The summed E-state index contributed by atoms with van der Waals surface area (Å²) in [6.07, 6.45) is 0.780. The van der Waals surface area contributed by atoms with Crippen molar-refractivity contribution in [2.45, 2.75) is 12.5 Å². The minimum absolute atomic E-state index is 0.174. The highest BCUT2D eigenvalue weighted by Crippen LogP contribution is 2.18. The predicted octanol–water partition coefficient (Wildman–Crippen LogP) is 3.80. The van der Waals surface area contributed by atoms with Gasteiger partial charge in [-0.15, -0.1) is 0 Å². The molecular weight excluding hydrogens is 321 g/mol. The Hall–Kier alpha value is -1.39. The Morgan fingerprint density at radius 1 is 1.20 bits per heavy atom. The Kier molecular flexibility index (Phi) is 5.56. The lowest BCUT2D eigenvalue weighted by Crippen LogP contribution is -2.33. The Morgan fingerprint density at radius 2 is 1.95 bits per heavy atom. The fourth-order valence-corrected chi connectivity index (χ4v) is 2.34. The molecule has 4 heteroatoms. The number of hydrogen-bond acceptors (Lipinski definition) is 2. The lowest BCUT2D eigenvalue weighted by atomic mass is 10.1. The summed E-state index contributed by atoms with van der Waals surface area (Å²) in [6.45, 7) is 0.565. The number of benzene rings is 2. The SMILES string of the molecule is CNC(COc1ccccc1)Cc1ccc(F)c(Br)c1. The van der Waals surface area contributed by atoms with Gasteiger partial charge in [0, 0.05) is 6.04 Å². The summed E-state index contributed by atoms with van der Waals surface area (Å²) in [5, 5.41) is 3.22. The van der Waals surface area contributed by atoms with E-state index in [2.05, 4.69) is 21.2 Å². The number of nitrogens with one attached hydrogen (secondary N) is 1. The molecule has 0 aliphatic carbocycles. The largest absolute Gasteiger partial charge is 0.492 e. The van der Waals surface area contributed by atoms with E-state index in [0.29, 0.717) is 11.1 Å². The van der Waals surface area contributed by atoms with E-state index in [9.17, 15) is 4.39 Å². The zero-order valence-corrected chi connectivity index (χ0v) is 12.9. The lowest BCUT2D eigenvalue weighted by molar-refractivity contribution is 0.270. The third kappa shape index (κ3) is 4.32. The quantitative estimate of drug-likeness (QED) is 0.865. The van der Waals surface area contributed by atoms with E-state index in [0.717, 1.165) is 17.7 Å². The second-order valence-electron chi connectivity index (χ2n) is 4.56. The summed E-state index contributed by atoms with van der Waals surface area (Å²) in [6, 6.07) is 15.0. The van der Waals surface area contributed by atoms with Gasteiger partial charge in [-0.1, -0.05) is 24.3 Å². The van der Waals surface area contributed by atoms with Crippen molar-refractivity contribution in [3.8, 4) is 5.75 Å². The molecule has 0 amide bonds. The van der Waals surface area contributed by atoms with Gasteiger partial charge < -0.3 is 10.1 Å². The maximum absolute atomic E-state index is 13.2. The van der Waals surface area contributed by atoms with Crippen LogP contribution in [0.25, 0.3) is 0 Å². The Balaban J connectivity index is 1.93. The van der Waals surface area contributed by atoms with Gasteiger partial charge in [0.25, 0.3) is 0 Å². The number of rotatable bonds is 6. The maximum Gasteiger partial charge on any atom is 0.137 e. The summed E-state index contributed by atoms with van der Waals surface area (Å²) in [7, 11) is 1.90. The predicted molar refractivity (Wildman–Crippen MR) is 82.6 cm³/mol. The molecule has 0 aliphatic rings. The number of hydrogen-bond donors (Lipinski definition) is 1. The summed E-state index contributed by atoms with van der Waals surface area (Å²) in [5.74, 6) is 0.614. The summed E-state index contributed by atoms with van der Waals surface area (Å²) in [5.41, 5.74) is 1.06. The molecule has 0 saturated carbocycles. The van der Waals surface area contributed by atoms with E-state index in [4.69, 9.17) is 4.74 Å². The highest BCUT2D eigenvalue weighted by Gasteiger charge is 2.10. The van der Waals surface area contributed by atoms with E-state index in [1.807, 2.05) is 43.4 Å². The molecule has 106 valence electrons. The van der Waals surface area contributed by atoms with Gasteiger partial charge in [-0.2, -0.15) is 0 Å². The van der Waals surface area contributed by atoms with Gasteiger partial charge >= 0.3 is 0 Å². The van der Waals surface area contributed by atoms with Crippen LogP contribution in [0.4, 0.5) is 4.39 Å². The van der Waals surface area contributed by atoms with E-state index < -0.39 is 0 Å². The molecule has 1 unspecified atom stereocenters. The number of ether oxygens (including phenoxy) is 1. The summed E-state index contributed by atoms with van der Waals surface area (Å²) in [4.78, 5) is 0. The number of halogens is 2. The third-order valence-electron chi connectivity index (χ3n) is 3.07. The van der Waals surface area contributed by atoms with Gasteiger partial charge in [-0.05, 0) is 59.2 Å². The molecule has 0 aliphatic heterocycles. The normalized spacial score (nSPS) is 12.2. The van der Waals surface area contributed by atoms with E-state index in [1.165, 1.54) is 6.07 Å². The van der Waals surface area contributed by atoms with Gasteiger partial charge in [-0.25, -0.2) is 4.39 Å². The van der Waals surface area contributed by atoms with Gasteiger partial charge in [0.05, 0.1) is 4.47 Å². The first-order valence-electron chi connectivity index (χ1n) is 6.48. The average Bonchev–Trinajstić information content (AvgIpc) is 2.48. The van der Waals surface area contributed by atoms with Crippen molar-refractivity contribution >= 4 is 15.9 Å². The molecule has 0 heterocycles. The average molecular weight is 338 g/mol. The maximum atomic E-state index is 13.2. The highest BCUT2D eigenvalue weighted by molar-refractivity contribution is 9.10. The Labute approximate surface area is 127 Å². The number of para-hydroxylation sites is 1. The van der Waals surface area contributed by atoms with Crippen LogP contribution in [0.3, 0.4) is 0 Å². The van der Waals surface area contributed by atoms with Crippen molar-refractivity contribution in [1.82, 2.24) is 5.32 Å². The molecule has 0 aromatic heterocycles. The molecule has 0 radical (unpaired) electrons. The molecule has 0 spiro atoms. The van der Waals surface area contributed by atoms with Crippen molar-refractivity contribution in [1.29, 1.82) is 0 Å². The zero-order valence-electron chi connectivity index (χ0n) is 11.3. The van der Waals surface area contributed by atoms with Gasteiger partial charge in [0.1, 0.15) is 18.2 Å². The van der Waals surface area contributed by atoms with Crippen molar-refractivity contribution in [2.24, 2.45) is 0 Å². The van der Waals surface area contributed by atoms with Crippen LogP contribution in [0.15, 0.2) is 53.0 Å². The first kappa shape index (κ1) is 15.0. The van der Waals surface area contributed by atoms with Crippen LogP contribution < -0.4 is 10.1 Å². The van der Waals surface area contributed by atoms with Crippen molar-refractivity contribution < 1.29 is 9.13 Å². The fourth-order valence-electron chi connectivity index (χ4n) is 1.91. The van der Waals surface area contributed by atoms with Crippen LogP contribution >= 0.6 is 15.9 Å². The van der Waals surface area contributed by atoms with Crippen LogP contribution in [0, 0.1) is 5.82 Å². The van der Waals surface area contributed by atoms with Crippen molar-refractivity contribution in [3.63, 3.8) is 0 Å². The van der Waals surface area contributed by atoms with Gasteiger partial charge in [-0.3, -0.25) is 0 Å². The Bertz CT molecular complexity index is 547. The minimum Gasteiger partial charge on any atom is -0.492 e. The highest BCUT2D eigenvalue weighted by atomic mass is 79.9. The molecule has 2 nitrogen and oxygen atoms in total. The molecule has 0 saturated heterocycles. The zero-order chi connectivity index (χ0) is 14.4. The van der Waals surface area contributed by atoms with E-state index in [-0.39, 0.29) is 11.9 Å². The Morgan fingerprint density at radius 3 is 2.60 bits per heavy atom. The molecule has 0 bridgehead atoms. The minimum atomic E-state index is -0.240. The third-order valence-corrected chi connectivity index (χ3v) is 3.68. The monoisotopic (exact) mass is 337 g/mol. The van der Waals surface area contributed by atoms with Crippen LogP contribution in [-0.4, -0.2) is 19.7 Å². The topological polar surface area (TPSA) is 21.3 Å².